The highest BCUT2D eigenvalue weighted by atomic mass is 79.9. The Hall–Kier alpha value is -1.35. The quantitative estimate of drug-likeness (QED) is 0.830. The predicted molar refractivity (Wildman–Crippen MR) is 72.5 cm³/mol. The Morgan fingerprint density at radius 2 is 1.88 bits per heavy atom. The van der Waals surface area contributed by atoms with Gasteiger partial charge in [0, 0.05) is 10.2 Å². The van der Waals surface area contributed by atoms with Gasteiger partial charge in [0.1, 0.15) is 5.82 Å². The first-order chi connectivity index (χ1) is 8.08. The summed E-state index contributed by atoms with van der Waals surface area (Å²) in [6, 6.07) is 10.8. The molecule has 2 aromatic carbocycles. The van der Waals surface area contributed by atoms with Crippen molar-refractivity contribution in [3.63, 3.8) is 0 Å². The predicted octanol–water partition coefficient (Wildman–Crippen LogP) is 4.07. The fourth-order valence-corrected chi connectivity index (χ4v) is 2.21. The van der Waals surface area contributed by atoms with E-state index in [9.17, 15) is 4.39 Å². The van der Waals surface area contributed by atoms with Crippen LogP contribution in [0.4, 0.5) is 10.1 Å². The summed E-state index contributed by atoms with van der Waals surface area (Å²) in [6.45, 7) is 1.92. The average molecular weight is 294 g/mol. The van der Waals surface area contributed by atoms with Crippen LogP contribution in [0.15, 0.2) is 40.9 Å². The lowest BCUT2D eigenvalue weighted by Gasteiger charge is -2.10. The topological polar surface area (TPSA) is 26.0 Å². The molecule has 88 valence electrons. The minimum absolute atomic E-state index is 0.282. The normalized spacial score (nSPS) is 10.5. The number of nitrogen functional groups attached to an aromatic ring is 1. The summed E-state index contributed by atoms with van der Waals surface area (Å²) in [6.07, 6.45) is 0.676. The molecule has 0 amide bonds. The highest BCUT2D eigenvalue weighted by Gasteiger charge is 2.07. The van der Waals surface area contributed by atoms with Crippen molar-refractivity contribution in [2.24, 2.45) is 0 Å². The highest BCUT2D eigenvalue weighted by molar-refractivity contribution is 9.10. The minimum atomic E-state index is -0.282. The minimum Gasteiger partial charge on any atom is -0.398 e. The summed E-state index contributed by atoms with van der Waals surface area (Å²) in [7, 11) is 0. The van der Waals surface area contributed by atoms with Crippen molar-refractivity contribution in [3.05, 3.63) is 63.4 Å². The van der Waals surface area contributed by atoms with E-state index in [1.54, 1.807) is 6.07 Å². The number of benzene rings is 2. The lowest BCUT2D eigenvalue weighted by Crippen LogP contribution is -1.99. The first-order valence-corrected chi connectivity index (χ1v) is 6.15. The molecule has 0 aliphatic heterocycles. The molecule has 0 saturated carbocycles. The van der Waals surface area contributed by atoms with E-state index in [2.05, 4.69) is 15.9 Å². The van der Waals surface area contributed by atoms with Gasteiger partial charge in [-0.3, -0.25) is 0 Å². The molecule has 0 spiro atoms. The number of halogens is 2. The third-order valence-corrected chi connectivity index (χ3v) is 3.63. The molecule has 0 saturated heterocycles. The first-order valence-electron chi connectivity index (χ1n) is 5.36. The van der Waals surface area contributed by atoms with Crippen LogP contribution in [0.2, 0.25) is 0 Å². The van der Waals surface area contributed by atoms with Gasteiger partial charge in [-0.15, -0.1) is 0 Å². The molecule has 0 radical (unpaired) electrons. The molecule has 2 rings (SSSR count). The summed E-state index contributed by atoms with van der Waals surface area (Å²) >= 11 is 3.49. The van der Waals surface area contributed by atoms with Gasteiger partial charge in [0.05, 0.1) is 0 Å². The van der Waals surface area contributed by atoms with E-state index in [1.807, 2.05) is 31.2 Å². The molecule has 1 nitrogen and oxygen atoms in total. The second kappa shape index (κ2) is 4.88. The summed E-state index contributed by atoms with van der Waals surface area (Å²) in [5.74, 6) is -0.282. The number of anilines is 1. The molecule has 0 heterocycles. The lowest BCUT2D eigenvalue weighted by atomic mass is 9.99. The maximum atomic E-state index is 13.3. The molecule has 2 N–H and O–H groups in total. The van der Waals surface area contributed by atoms with E-state index in [0.717, 1.165) is 21.2 Å². The Morgan fingerprint density at radius 3 is 2.59 bits per heavy atom. The summed E-state index contributed by atoms with van der Waals surface area (Å²) in [5.41, 5.74) is 9.27. The van der Waals surface area contributed by atoms with Crippen LogP contribution in [0, 0.1) is 12.7 Å². The second-order valence-electron chi connectivity index (χ2n) is 4.05. The van der Waals surface area contributed by atoms with Crippen LogP contribution in [0.3, 0.4) is 0 Å². The second-order valence-corrected chi connectivity index (χ2v) is 4.90. The first kappa shape index (κ1) is 12.1. The standard InChI is InChI=1S/C14H13BrFN/c1-9-11(7-12(16)8-14(9)17)6-10-4-2-3-5-13(10)15/h2-5,7-8H,6,17H2,1H3. The molecule has 0 aliphatic carbocycles. The fraction of sp³-hybridized carbons (Fsp3) is 0.143. The Morgan fingerprint density at radius 1 is 1.18 bits per heavy atom. The van der Waals surface area contributed by atoms with Gasteiger partial charge < -0.3 is 5.73 Å². The molecule has 0 fully saturated rings. The zero-order valence-electron chi connectivity index (χ0n) is 9.50. The van der Waals surface area contributed by atoms with Crippen LogP contribution in [0.1, 0.15) is 16.7 Å². The zero-order valence-corrected chi connectivity index (χ0v) is 11.1. The van der Waals surface area contributed by atoms with Crippen molar-refractivity contribution in [1.82, 2.24) is 0 Å². The van der Waals surface area contributed by atoms with Gasteiger partial charge in [-0.2, -0.15) is 0 Å². The third kappa shape index (κ3) is 2.67. The smallest absolute Gasteiger partial charge is 0.125 e. The lowest BCUT2D eigenvalue weighted by molar-refractivity contribution is 0.626. The molecule has 0 bridgehead atoms. The van der Waals surface area contributed by atoms with Crippen LogP contribution in [-0.2, 0) is 6.42 Å². The van der Waals surface area contributed by atoms with Gasteiger partial charge in [0.2, 0.25) is 0 Å². The van der Waals surface area contributed by atoms with Gasteiger partial charge in [-0.25, -0.2) is 4.39 Å². The van der Waals surface area contributed by atoms with Crippen molar-refractivity contribution in [1.29, 1.82) is 0 Å². The Balaban J connectivity index is 2.40. The van der Waals surface area contributed by atoms with Crippen LogP contribution >= 0.6 is 15.9 Å². The van der Waals surface area contributed by atoms with Crippen LogP contribution in [0.25, 0.3) is 0 Å². The zero-order chi connectivity index (χ0) is 12.4. The summed E-state index contributed by atoms with van der Waals surface area (Å²) in [4.78, 5) is 0. The van der Waals surface area contributed by atoms with Crippen LogP contribution in [-0.4, -0.2) is 0 Å². The van der Waals surface area contributed by atoms with E-state index < -0.39 is 0 Å². The van der Waals surface area contributed by atoms with Gasteiger partial charge in [0.15, 0.2) is 0 Å². The summed E-state index contributed by atoms with van der Waals surface area (Å²) < 4.78 is 14.3. The van der Waals surface area contributed by atoms with E-state index in [-0.39, 0.29) is 5.82 Å². The van der Waals surface area contributed by atoms with E-state index in [0.29, 0.717) is 12.1 Å². The maximum Gasteiger partial charge on any atom is 0.125 e. The molecular formula is C14H13BrFN. The molecule has 0 aromatic heterocycles. The van der Waals surface area contributed by atoms with Crippen molar-refractivity contribution < 1.29 is 4.39 Å². The fourth-order valence-electron chi connectivity index (χ4n) is 1.79. The monoisotopic (exact) mass is 293 g/mol. The largest absolute Gasteiger partial charge is 0.398 e. The molecule has 0 unspecified atom stereocenters. The van der Waals surface area contributed by atoms with Gasteiger partial charge in [-0.1, -0.05) is 34.1 Å². The van der Waals surface area contributed by atoms with E-state index >= 15 is 0 Å². The van der Waals surface area contributed by atoms with Crippen molar-refractivity contribution >= 4 is 21.6 Å². The molecule has 17 heavy (non-hydrogen) atoms. The molecule has 3 heteroatoms. The van der Waals surface area contributed by atoms with Gasteiger partial charge in [0.25, 0.3) is 0 Å². The van der Waals surface area contributed by atoms with Crippen LogP contribution in [0.5, 0.6) is 0 Å². The average Bonchev–Trinajstić information content (AvgIpc) is 2.28. The maximum absolute atomic E-state index is 13.3. The highest BCUT2D eigenvalue weighted by Crippen LogP contribution is 2.24. The molecular weight excluding hydrogens is 281 g/mol. The van der Waals surface area contributed by atoms with Gasteiger partial charge in [-0.05, 0) is 48.2 Å². The van der Waals surface area contributed by atoms with E-state index in [4.69, 9.17) is 5.73 Å². The third-order valence-electron chi connectivity index (χ3n) is 2.86. The van der Waals surface area contributed by atoms with Crippen molar-refractivity contribution in [3.8, 4) is 0 Å². The number of rotatable bonds is 2. The number of hydrogen-bond acceptors (Lipinski definition) is 1. The number of hydrogen-bond donors (Lipinski definition) is 1. The van der Waals surface area contributed by atoms with Crippen molar-refractivity contribution in [2.75, 3.05) is 5.73 Å². The number of nitrogens with two attached hydrogens (primary N) is 1. The Kier molecular flexibility index (Phi) is 3.48. The summed E-state index contributed by atoms with van der Waals surface area (Å²) in [5, 5.41) is 0. The van der Waals surface area contributed by atoms with Crippen molar-refractivity contribution in [2.45, 2.75) is 13.3 Å². The Labute approximate surface area is 109 Å². The SMILES string of the molecule is Cc1c(N)cc(F)cc1Cc1ccccc1Br. The van der Waals surface area contributed by atoms with Crippen LogP contribution < -0.4 is 5.73 Å². The Bertz CT molecular complexity index is 552. The molecule has 0 atom stereocenters. The van der Waals surface area contributed by atoms with Gasteiger partial charge >= 0.3 is 0 Å². The molecule has 2 aromatic rings. The van der Waals surface area contributed by atoms with E-state index in [1.165, 1.54) is 6.07 Å². The molecule has 0 aliphatic rings.